The number of nitrogens with zero attached hydrogens (tertiary/aromatic N) is 1. The number of aliphatic imine (C=N–C) groups is 1. The molecule has 0 aromatic carbocycles. The Morgan fingerprint density at radius 1 is 1.60 bits per heavy atom. The van der Waals surface area contributed by atoms with Crippen LogP contribution in [-0.2, 0) is 4.74 Å². The van der Waals surface area contributed by atoms with E-state index >= 15 is 0 Å². The van der Waals surface area contributed by atoms with Crippen LogP contribution in [0.25, 0.3) is 0 Å². The third-order valence-electron chi connectivity index (χ3n) is 1.13. The molecule has 0 aromatic rings. The van der Waals surface area contributed by atoms with Crippen LogP contribution in [0.3, 0.4) is 0 Å². The van der Waals surface area contributed by atoms with Crippen molar-refractivity contribution in [2.75, 3.05) is 6.61 Å². The lowest BCUT2D eigenvalue weighted by molar-refractivity contribution is 0.307. The van der Waals surface area contributed by atoms with Crippen LogP contribution in [0.15, 0.2) is 4.99 Å². The second-order valence-electron chi connectivity index (χ2n) is 2.77. The lowest BCUT2D eigenvalue weighted by Gasteiger charge is -2.29. The Labute approximate surface area is 66.1 Å². The van der Waals surface area contributed by atoms with Gasteiger partial charge in [0.1, 0.15) is 4.87 Å². The minimum atomic E-state index is 0.0725. The molecule has 0 amide bonds. The van der Waals surface area contributed by atoms with E-state index in [0.29, 0.717) is 0 Å². The molecule has 0 fully saturated rings. The van der Waals surface area contributed by atoms with E-state index in [0.717, 1.165) is 18.3 Å². The van der Waals surface area contributed by atoms with Crippen LogP contribution in [0.4, 0.5) is 0 Å². The van der Waals surface area contributed by atoms with E-state index in [9.17, 15) is 0 Å². The summed E-state index contributed by atoms with van der Waals surface area (Å²) in [7, 11) is 0. The van der Waals surface area contributed by atoms with Crippen LogP contribution in [-0.4, -0.2) is 16.7 Å². The Balaban J connectivity index is 2.23. The van der Waals surface area contributed by atoms with Crippen molar-refractivity contribution in [2.45, 2.75) is 32.1 Å². The summed E-state index contributed by atoms with van der Waals surface area (Å²) in [5, 5.41) is 0.854. The van der Waals surface area contributed by atoms with Crippen LogP contribution < -0.4 is 0 Å². The molecular weight excluding hydrogens is 146 g/mol. The minimum absolute atomic E-state index is 0.0725. The molecule has 0 radical (unpaired) electrons. The first-order chi connectivity index (χ1) is 4.64. The summed E-state index contributed by atoms with van der Waals surface area (Å²) >= 11 is 1.70. The maximum atomic E-state index is 5.28. The van der Waals surface area contributed by atoms with Gasteiger partial charge in [0, 0.05) is 0 Å². The average Bonchev–Trinajstić information content (AvgIpc) is 1.78. The predicted octanol–water partition coefficient (Wildman–Crippen LogP) is 2.25. The van der Waals surface area contributed by atoms with E-state index in [1.807, 2.05) is 0 Å². The van der Waals surface area contributed by atoms with Crippen LogP contribution in [0, 0.1) is 0 Å². The van der Waals surface area contributed by atoms with Gasteiger partial charge in [0.25, 0.3) is 0 Å². The van der Waals surface area contributed by atoms with E-state index in [1.54, 1.807) is 11.8 Å². The van der Waals surface area contributed by atoms with Gasteiger partial charge in [-0.25, -0.2) is 4.99 Å². The van der Waals surface area contributed by atoms with Gasteiger partial charge in [-0.05, 0) is 32.0 Å². The number of thioether (sulfide) groups is 1. The van der Waals surface area contributed by atoms with Crippen molar-refractivity contribution < 1.29 is 4.74 Å². The SMILES string of the molecule is CCCOC1=NC(C)(C)S1. The molecule has 0 aromatic heterocycles. The van der Waals surface area contributed by atoms with Gasteiger partial charge in [-0.15, -0.1) is 0 Å². The quantitative estimate of drug-likeness (QED) is 0.616. The molecule has 0 unspecified atom stereocenters. The van der Waals surface area contributed by atoms with E-state index < -0.39 is 0 Å². The molecular formula is C7H13NOS. The smallest absolute Gasteiger partial charge is 0.249 e. The molecule has 0 N–H and O–H groups in total. The molecule has 0 spiro atoms. The fraction of sp³-hybridized carbons (Fsp3) is 0.857. The molecule has 1 heterocycles. The highest BCUT2D eigenvalue weighted by atomic mass is 32.2. The second kappa shape index (κ2) is 2.82. The van der Waals surface area contributed by atoms with Crippen LogP contribution in [0.5, 0.6) is 0 Å². The van der Waals surface area contributed by atoms with Crippen molar-refractivity contribution in [3.63, 3.8) is 0 Å². The fourth-order valence-electron chi connectivity index (χ4n) is 0.691. The maximum absolute atomic E-state index is 5.28. The molecule has 58 valence electrons. The fourth-order valence-corrected chi connectivity index (χ4v) is 1.53. The second-order valence-corrected chi connectivity index (χ2v) is 4.33. The van der Waals surface area contributed by atoms with Gasteiger partial charge >= 0.3 is 0 Å². The zero-order valence-electron chi connectivity index (χ0n) is 6.68. The van der Waals surface area contributed by atoms with Crippen molar-refractivity contribution in [1.82, 2.24) is 0 Å². The Morgan fingerprint density at radius 2 is 2.20 bits per heavy atom. The van der Waals surface area contributed by atoms with Crippen molar-refractivity contribution in [2.24, 2.45) is 4.99 Å². The molecule has 0 saturated heterocycles. The molecule has 1 aliphatic heterocycles. The highest BCUT2D eigenvalue weighted by molar-refractivity contribution is 8.16. The Bertz CT molecular complexity index is 154. The van der Waals surface area contributed by atoms with Gasteiger partial charge in [-0.2, -0.15) is 0 Å². The van der Waals surface area contributed by atoms with Gasteiger partial charge in [-0.1, -0.05) is 6.92 Å². The maximum Gasteiger partial charge on any atom is 0.249 e. The molecule has 0 bridgehead atoms. The normalized spacial score (nSPS) is 21.3. The minimum Gasteiger partial charge on any atom is -0.473 e. The highest BCUT2D eigenvalue weighted by Gasteiger charge is 2.31. The third kappa shape index (κ3) is 1.90. The number of hydrogen-bond donors (Lipinski definition) is 0. The van der Waals surface area contributed by atoms with Gasteiger partial charge in [0.15, 0.2) is 0 Å². The molecule has 0 saturated carbocycles. The van der Waals surface area contributed by atoms with Crippen LogP contribution >= 0.6 is 11.8 Å². The topological polar surface area (TPSA) is 21.6 Å². The summed E-state index contributed by atoms with van der Waals surface area (Å²) in [5.74, 6) is 0. The van der Waals surface area contributed by atoms with E-state index in [4.69, 9.17) is 4.74 Å². The summed E-state index contributed by atoms with van der Waals surface area (Å²) < 4.78 is 5.28. The van der Waals surface area contributed by atoms with E-state index in [2.05, 4.69) is 25.8 Å². The Kier molecular flexibility index (Phi) is 2.24. The summed E-state index contributed by atoms with van der Waals surface area (Å²) in [4.78, 5) is 4.32. The standard InChI is InChI=1S/C7H13NOS/c1-4-5-9-6-8-7(2,3)10-6/h4-5H2,1-3H3. The summed E-state index contributed by atoms with van der Waals surface area (Å²) in [6, 6.07) is 0. The Morgan fingerprint density at radius 3 is 2.60 bits per heavy atom. The summed E-state index contributed by atoms with van der Waals surface area (Å²) in [5.41, 5.74) is 0. The highest BCUT2D eigenvalue weighted by Crippen LogP contribution is 2.37. The first-order valence-electron chi connectivity index (χ1n) is 3.56. The van der Waals surface area contributed by atoms with Crippen LogP contribution in [0.1, 0.15) is 27.2 Å². The molecule has 0 aliphatic carbocycles. The van der Waals surface area contributed by atoms with Gasteiger partial charge in [-0.3, -0.25) is 0 Å². The average molecular weight is 159 g/mol. The molecule has 10 heavy (non-hydrogen) atoms. The number of rotatable bonds is 2. The predicted molar refractivity (Wildman–Crippen MR) is 45.3 cm³/mol. The lowest BCUT2D eigenvalue weighted by Crippen LogP contribution is -2.27. The van der Waals surface area contributed by atoms with Gasteiger partial charge in [0.2, 0.25) is 5.23 Å². The molecule has 2 nitrogen and oxygen atoms in total. The van der Waals surface area contributed by atoms with Crippen molar-refractivity contribution in [3.8, 4) is 0 Å². The first kappa shape index (κ1) is 7.92. The number of ether oxygens (including phenoxy) is 1. The molecule has 1 rings (SSSR count). The van der Waals surface area contributed by atoms with E-state index in [1.165, 1.54) is 0 Å². The lowest BCUT2D eigenvalue weighted by atomic mass is 10.4. The summed E-state index contributed by atoms with van der Waals surface area (Å²) in [6.45, 7) is 7.05. The molecule has 1 aliphatic rings. The largest absolute Gasteiger partial charge is 0.473 e. The van der Waals surface area contributed by atoms with Crippen molar-refractivity contribution in [1.29, 1.82) is 0 Å². The first-order valence-corrected chi connectivity index (χ1v) is 4.37. The molecule has 0 atom stereocenters. The van der Waals surface area contributed by atoms with Crippen LogP contribution in [0.2, 0.25) is 0 Å². The monoisotopic (exact) mass is 159 g/mol. The van der Waals surface area contributed by atoms with Crippen molar-refractivity contribution >= 4 is 17.0 Å². The van der Waals surface area contributed by atoms with Crippen molar-refractivity contribution in [3.05, 3.63) is 0 Å². The Hall–Kier alpha value is -0.180. The third-order valence-corrected chi connectivity index (χ3v) is 2.10. The zero-order chi connectivity index (χ0) is 7.61. The number of hydrogen-bond acceptors (Lipinski definition) is 3. The van der Waals surface area contributed by atoms with Gasteiger partial charge in [0.05, 0.1) is 6.61 Å². The molecule has 3 heteroatoms. The van der Waals surface area contributed by atoms with Gasteiger partial charge < -0.3 is 4.74 Å². The van der Waals surface area contributed by atoms with E-state index in [-0.39, 0.29) is 4.87 Å². The summed E-state index contributed by atoms with van der Waals surface area (Å²) in [6.07, 6.45) is 1.06. The zero-order valence-corrected chi connectivity index (χ0v) is 7.49.